The van der Waals surface area contributed by atoms with Gasteiger partial charge in [0.25, 0.3) is 11.8 Å². The molecule has 0 spiro atoms. The fraction of sp³-hybridized carbons (Fsp3) is 0.353. The van der Waals surface area contributed by atoms with Gasteiger partial charge >= 0.3 is 0 Å². The minimum Gasteiger partial charge on any atom is -0.351 e. The van der Waals surface area contributed by atoms with Crippen molar-refractivity contribution in [1.29, 1.82) is 0 Å². The highest BCUT2D eigenvalue weighted by molar-refractivity contribution is 5.98. The van der Waals surface area contributed by atoms with Gasteiger partial charge in [-0.15, -0.1) is 0 Å². The molecule has 0 atom stereocenters. The van der Waals surface area contributed by atoms with Gasteiger partial charge in [0.1, 0.15) is 0 Å². The molecule has 134 valence electrons. The molecule has 0 unspecified atom stereocenters. The Hall–Kier alpha value is -3.23. The Bertz CT molecular complexity index is 941. The predicted octanol–water partition coefficient (Wildman–Crippen LogP) is 0.882. The van der Waals surface area contributed by atoms with Crippen LogP contribution in [0.5, 0.6) is 0 Å². The summed E-state index contributed by atoms with van der Waals surface area (Å²) in [6.07, 6.45) is 2.21. The number of benzene rings is 1. The zero-order valence-electron chi connectivity index (χ0n) is 14.3. The van der Waals surface area contributed by atoms with Crippen LogP contribution in [0.25, 0.3) is 10.9 Å². The van der Waals surface area contributed by atoms with Crippen molar-refractivity contribution in [2.45, 2.75) is 13.3 Å². The van der Waals surface area contributed by atoms with Crippen molar-refractivity contribution in [2.24, 2.45) is 5.92 Å². The van der Waals surface area contributed by atoms with E-state index in [1.807, 2.05) is 30.0 Å². The molecule has 3 N–H and O–H groups in total. The predicted molar refractivity (Wildman–Crippen MR) is 93.6 cm³/mol. The van der Waals surface area contributed by atoms with Crippen molar-refractivity contribution in [3.63, 3.8) is 0 Å². The Morgan fingerprint density at radius 1 is 1.31 bits per heavy atom. The zero-order chi connectivity index (χ0) is 18.1. The maximum absolute atomic E-state index is 12.6. The Morgan fingerprint density at radius 3 is 2.92 bits per heavy atom. The number of amides is 2. The quantitative estimate of drug-likeness (QED) is 0.629. The number of aryl methyl sites for hydroxylation is 1. The van der Waals surface area contributed by atoms with E-state index in [1.54, 1.807) is 0 Å². The number of likely N-dealkylation sites (tertiary alicyclic amines) is 1. The summed E-state index contributed by atoms with van der Waals surface area (Å²) in [6.45, 7) is 3.92. The molecule has 26 heavy (non-hydrogen) atoms. The first kappa shape index (κ1) is 16.2. The van der Waals surface area contributed by atoms with Crippen LogP contribution in [0.2, 0.25) is 0 Å². The van der Waals surface area contributed by atoms with Gasteiger partial charge in [-0.2, -0.15) is 20.5 Å². The summed E-state index contributed by atoms with van der Waals surface area (Å²) >= 11 is 0. The van der Waals surface area contributed by atoms with Crippen molar-refractivity contribution in [1.82, 2.24) is 35.8 Å². The minimum atomic E-state index is -0.242. The van der Waals surface area contributed by atoms with Gasteiger partial charge in [-0.05, 0) is 31.4 Å². The highest BCUT2D eigenvalue weighted by Crippen LogP contribution is 2.23. The average molecular weight is 353 g/mol. The van der Waals surface area contributed by atoms with Crippen LogP contribution >= 0.6 is 0 Å². The first-order valence-corrected chi connectivity index (χ1v) is 8.50. The molecule has 9 nitrogen and oxygen atoms in total. The smallest absolute Gasteiger partial charge is 0.273 e. The van der Waals surface area contributed by atoms with E-state index >= 15 is 0 Å². The molecule has 1 fully saturated rings. The summed E-state index contributed by atoms with van der Waals surface area (Å²) in [5.41, 5.74) is 2.73. The lowest BCUT2D eigenvalue weighted by molar-refractivity contribution is 0.0483. The van der Waals surface area contributed by atoms with Gasteiger partial charge in [0.05, 0.1) is 11.7 Å². The number of H-pyrrole nitrogens is 2. The molecule has 0 radical (unpaired) electrons. The van der Waals surface area contributed by atoms with Crippen LogP contribution < -0.4 is 5.32 Å². The maximum atomic E-state index is 12.6. The summed E-state index contributed by atoms with van der Waals surface area (Å²) in [7, 11) is 0. The zero-order valence-corrected chi connectivity index (χ0v) is 14.3. The molecule has 4 rings (SSSR count). The first-order valence-electron chi connectivity index (χ1n) is 8.50. The second kappa shape index (κ2) is 6.58. The average Bonchev–Trinajstić information content (AvgIpc) is 3.26. The van der Waals surface area contributed by atoms with Gasteiger partial charge in [-0.1, -0.05) is 6.07 Å². The van der Waals surface area contributed by atoms with E-state index in [4.69, 9.17) is 0 Å². The molecular weight excluding hydrogens is 334 g/mol. The monoisotopic (exact) mass is 353 g/mol. The van der Waals surface area contributed by atoms with Crippen LogP contribution in [0.15, 0.2) is 24.4 Å². The SMILES string of the molecule is Cc1[nH]nc2cc(C(=O)N3CC(CCNC(=O)c4cn[nH]n4)C3)ccc12. The number of hydrogen-bond donors (Lipinski definition) is 3. The lowest BCUT2D eigenvalue weighted by Crippen LogP contribution is -2.50. The number of nitrogens with one attached hydrogen (secondary N) is 3. The highest BCUT2D eigenvalue weighted by atomic mass is 16.2. The molecule has 1 aromatic carbocycles. The Kier molecular flexibility index (Phi) is 4.11. The molecule has 2 amide bonds. The Balaban J connectivity index is 1.26. The number of carbonyl (C=O) groups is 2. The van der Waals surface area contributed by atoms with Crippen LogP contribution in [0.4, 0.5) is 0 Å². The van der Waals surface area contributed by atoms with Gasteiger partial charge in [-0.25, -0.2) is 0 Å². The lowest BCUT2D eigenvalue weighted by atomic mass is 9.95. The third-order valence-corrected chi connectivity index (χ3v) is 4.72. The number of nitrogens with zero attached hydrogens (tertiary/aromatic N) is 4. The molecule has 9 heteroatoms. The van der Waals surface area contributed by atoms with E-state index in [0.29, 0.717) is 31.1 Å². The second-order valence-electron chi connectivity index (χ2n) is 6.56. The third-order valence-electron chi connectivity index (χ3n) is 4.72. The molecule has 0 bridgehead atoms. The standard InChI is InChI=1S/C17H19N7O2/c1-10-13-3-2-12(6-14(13)21-20-10)17(26)24-8-11(9-24)4-5-18-16(25)15-7-19-23-22-15/h2-3,6-7,11H,4-5,8-9H2,1H3,(H,18,25)(H,20,21)(H,19,22,23). The number of aromatic nitrogens is 5. The normalized spacial score (nSPS) is 14.4. The van der Waals surface area contributed by atoms with Gasteiger partial charge in [-0.3, -0.25) is 14.7 Å². The summed E-state index contributed by atoms with van der Waals surface area (Å²) in [4.78, 5) is 26.1. The van der Waals surface area contributed by atoms with Gasteiger partial charge in [0.2, 0.25) is 0 Å². The van der Waals surface area contributed by atoms with Crippen molar-refractivity contribution in [3.8, 4) is 0 Å². The summed E-state index contributed by atoms with van der Waals surface area (Å²) < 4.78 is 0. The van der Waals surface area contributed by atoms with Crippen LogP contribution in [-0.4, -0.2) is 62.0 Å². The van der Waals surface area contributed by atoms with Crippen LogP contribution in [0, 0.1) is 12.8 Å². The molecule has 3 heterocycles. The molecule has 1 aliphatic heterocycles. The third kappa shape index (κ3) is 3.03. The molecule has 0 aliphatic carbocycles. The van der Waals surface area contributed by atoms with E-state index in [-0.39, 0.29) is 17.5 Å². The summed E-state index contributed by atoms with van der Waals surface area (Å²) in [6, 6.07) is 5.60. The molecule has 1 aliphatic rings. The van der Waals surface area contributed by atoms with Crippen molar-refractivity contribution in [3.05, 3.63) is 41.3 Å². The fourth-order valence-corrected chi connectivity index (χ4v) is 3.17. The Labute approximate surface area is 149 Å². The largest absolute Gasteiger partial charge is 0.351 e. The highest BCUT2D eigenvalue weighted by Gasteiger charge is 2.31. The van der Waals surface area contributed by atoms with Crippen LogP contribution in [-0.2, 0) is 0 Å². The molecule has 1 saturated heterocycles. The maximum Gasteiger partial charge on any atom is 0.273 e. The topological polar surface area (TPSA) is 120 Å². The van der Waals surface area contributed by atoms with E-state index in [9.17, 15) is 9.59 Å². The fourth-order valence-electron chi connectivity index (χ4n) is 3.17. The minimum absolute atomic E-state index is 0.0236. The van der Waals surface area contributed by atoms with Gasteiger partial charge in [0.15, 0.2) is 5.69 Å². The van der Waals surface area contributed by atoms with E-state index in [1.165, 1.54) is 6.20 Å². The second-order valence-corrected chi connectivity index (χ2v) is 6.56. The van der Waals surface area contributed by atoms with Crippen LogP contribution in [0.1, 0.15) is 33.0 Å². The van der Waals surface area contributed by atoms with Gasteiger partial charge < -0.3 is 10.2 Å². The molecular formula is C17H19N7O2. The first-order chi connectivity index (χ1) is 12.6. The van der Waals surface area contributed by atoms with Crippen LogP contribution in [0.3, 0.4) is 0 Å². The molecule has 3 aromatic rings. The number of hydrogen-bond acceptors (Lipinski definition) is 5. The number of fused-ring (bicyclic) bond motifs is 1. The van der Waals surface area contributed by atoms with E-state index in [0.717, 1.165) is 23.0 Å². The lowest BCUT2D eigenvalue weighted by Gasteiger charge is -2.39. The van der Waals surface area contributed by atoms with Crippen molar-refractivity contribution < 1.29 is 9.59 Å². The number of rotatable bonds is 5. The summed E-state index contributed by atoms with van der Waals surface area (Å²) in [5.74, 6) is 0.178. The van der Waals surface area contributed by atoms with Gasteiger partial charge in [0, 0.05) is 36.3 Å². The Morgan fingerprint density at radius 2 is 2.15 bits per heavy atom. The summed E-state index contributed by atoms with van der Waals surface area (Å²) in [5, 5.41) is 20.7. The van der Waals surface area contributed by atoms with E-state index < -0.39 is 0 Å². The number of carbonyl (C=O) groups excluding carboxylic acids is 2. The molecule has 2 aromatic heterocycles. The van der Waals surface area contributed by atoms with E-state index in [2.05, 4.69) is 30.9 Å². The van der Waals surface area contributed by atoms with Crippen molar-refractivity contribution >= 4 is 22.7 Å². The van der Waals surface area contributed by atoms with Crippen molar-refractivity contribution in [2.75, 3.05) is 19.6 Å². The number of aromatic amines is 2. The molecule has 0 saturated carbocycles.